The van der Waals surface area contributed by atoms with E-state index in [0.717, 1.165) is 38.3 Å². The predicted molar refractivity (Wildman–Crippen MR) is 77.5 cm³/mol. The number of nitrogens with zero attached hydrogens (tertiary/aromatic N) is 2. The van der Waals surface area contributed by atoms with Crippen molar-refractivity contribution in [3.05, 3.63) is 34.9 Å². The van der Waals surface area contributed by atoms with E-state index in [-0.39, 0.29) is 5.91 Å². The lowest BCUT2D eigenvalue weighted by Gasteiger charge is -2.37. The molecule has 0 aromatic heterocycles. The van der Waals surface area contributed by atoms with E-state index < -0.39 is 0 Å². The average molecular weight is 271 g/mol. The van der Waals surface area contributed by atoms with E-state index in [2.05, 4.69) is 27.2 Å². The number of benzene rings is 1. The summed E-state index contributed by atoms with van der Waals surface area (Å²) in [7, 11) is 0. The molecule has 2 fully saturated rings. The molecule has 1 atom stereocenters. The quantitative estimate of drug-likeness (QED) is 0.834. The van der Waals surface area contributed by atoms with E-state index >= 15 is 0 Å². The highest BCUT2D eigenvalue weighted by molar-refractivity contribution is 5.94. The summed E-state index contributed by atoms with van der Waals surface area (Å²) in [5.41, 5.74) is 3.48. The molecule has 1 aromatic rings. The first-order valence-electron chi connectivity index (χ1n) is 7.67. The van der Waals surface area contributed by atoms with Gasteiger partial charge in [0.25, 0.3) is 5.91 Å². The molecule has 1 aromatic carbocycles. The second-order valence-corrected chi connectivity index (χ2v) is 6.17. The number of hydrogen-bond acceptors (Lipinski definition) is 3. The number of piperazine rings is 1. The van der Waals surface area contributed by atoms with Gasteiger partial charge in [-0.1, -0.05) is 6.07 Å². The fourth-order valence-electron chi connectivity index (χ4n) is 3.79. The van der Waals surface area contributed by atoms with Crippen molar-refractivity contribution in [2.75, 3.05) is 26.2 Å². The van der Waals surface area contributed by atoms with Crippen LogP contribution in [0.3, 0.4) is 0 Å². The van der Waals surface area contributed by atoms with Crippen LogP contribution in [0.4, 0.5) is 0 Å². The molecule has 3 heterocycles. The Labute approximate surface area is 119 Å². The van der Waals surface area contributed by atoms with Crippen molar-refractivity contribution in [3.63, 3.8) is 0 Å². The first-order chi connectivity index (χ1) is 9.81. The zero-order valence-corrected chi connectivity index (χ0v) is 11.8. The summed E-state index contributed by atoms with van der Waals surface area (Å²) in [6, 6.07) is 6.78. The third-order valence-corrected chi connectivity index (χ3v) is 4.96. The molecule has 4 nitrogen and oxygen atoms in total. The summed E-state index contributed by atoms with van der Waals surface area (Å²) in [5, 5.41) is 3.33. The SMILES string of the molecule is O=C(c1ccc2c(c1)CNC2)N1CCN2CCCC2C1. The molecule has 1 N–H and O–H groups in total. The van der Waals surface area contributed by atoms with Gasteiger partial charge in [-0.05, 0) is 42.6 Å². The van der Waals surface area contributed by atoms with Gasteiger partial charge in [-0.3, -0.25) is 9.69 Å². The zero-order chi connectivity index (χ0) is 13.5. The van der Waals surface area contributed by atoms with Crippen LogP contribution in [-0.4, -0.2) is 47.9 Å². The van der Waals surface area contributed by atoms with Gasteiger partial charge >= 0.3 is 0 Å². The molecule has 0 saturated carbocycles. The summed E-state index contributed by atoms with van der Waals surface area (Å²) in [5.74, 6) is 0.214. The largest absolute Gasteiger partial charge is 0.336 e. The Morgan fingerprint density at radius 3 is 3.00 bits per heavy atom. The summed E-state index contributed by atoms with van der Waals surface area (Å²) >= 11 is 0. The van der Waals surface area contributed by atoms with Crippen LogP contribution in [0.25, 0.3) is 0 Å². The number of carbonyl (C=O) groups is 1. The molecule has 4 rings (SSSR count). The lowest BCUT2D eigenvalue weighted by molar-refractivity contribution is 0.0571. The maximum atomic E-state index is 12.7. The second-order valence-electron chi connectivity index (χ2n) is 6.17. The van der Waals surface area contributed by atoms with Crippen molar-refractivity contribution in [2.45, 2.75) is 32.0 Å². The zero-order valence-electron chi connectivity index (χ0n) is 11.8. The van der Waals surface area contributed by atoms with Crippen molar-refractivity contribution < 1.29 is 4.79 Å². The van der Waals surface area contributed by atoms with Gasteiger partial charge in [0.15, 0.2) is 0 Å². The van der Waals surface area contributed by atoms with E-state index in [1.807, 2.05) is 6.07 Å². The Balaban J connectivity index is 1.52. The number of rotatable bonds is 1. The monoisotopic (exact) mass is 271 g/mol. The summed E-state index contributed by atoms with van der Waals surface area (Å²) in [6.07, 6.45) is 2.54. The van der Waals surface area contributed by atoms with E-state index in [0.29, 0.717) is 6.04 Å². The van der Waals surface area contributed by atoms with Gasteiger partial charge in [0.2, 0.25) is 0 Å². The lowest BCUT2D eigenvalue weighted by Crippen LogP contribution is -2.52. The Hall–Kier alpha value is -1.39. The first-order valence-corrected chi connectivity index (χ1v) is 7.67. The number of nitrogens with one attached hydrogen (secondary N) is 1. The van der Waals surface area contributed by atoms with Crippen molar-refractivity contribution in [2.24, 2.45) is 0 Å². The number of amides is 1. The topological polar surface area (TPSA) is 35.6 Å². The Morgan fingerprint density at radius 1 is 1.15 bits per heavy atom. The van der Waals surface area contributed by atoms with Gasteiger partial charge in [-0.2, -0.15) is 0 Å². The minimum Gasteiger partial charge on any atom is -0.336 e. The molecule has 4 heteroatoms. The minimum atomic E-state index is 0.214. The van der Waals surface area contributed by atoms with Gasteiger partial charge in [0, 0.05) is 44.3 Å². The highest BCUT2D eigenvalue weighted by Gasteiger charge is 2.32. The minimum absolute atomic E-state index is 0.214. The van der Waals surface area contributed by atoms with Crippen LogP contribution in [0.2, 0.25) is 0 Å². The summed E-state index contributed by atoms with van der Waals surface area (Å²) in [4.78, 5) is 17.3. The molecule has 106 valence electrons. The maximum Gasteiger partial charge on any atom is 0.253 e. The standard InChI is InChI=1S/C16H21N3O/c20-16(12-3-4-13-9-17-10-14(13)8-12)19-7-6-18-5-1-2-15(18)11-19/h3-4,8,15,17H,1-2,5-7,9-11H2. The molecular weight excluding hydrogens is 250 g/mol. The number of carbonyl (C=O) groups excluding carboxylic acids is 1. The number of hydrogen-bond donors (Lipinski definition) is 1. The van der Waals surface area contributed by atoms with Crippen LogP contribution in [0, 0.1) is 0 Å². The molecule has 0 bridgehead atoms. The normalized spacial score (nSPS) is 25.6. The van der Waals surface area contributed by atoms with Crippen LogP contribution in [0.5, 0.6) is 0 Å². The van der Waals surface area contributed by atoms with Crippen LogP contribution in [-0.2, 0) is 13.1 Å². The molecule has 1 amide bonds. The highest BCUT2D eigenvalue weighted by atomic mass is 16.2. The van der Waals surface area contributed by atoms with Crippen molar-refractivity contribution in [1.82, 2.24) is 15.1 Å². The van der Waals surface area contributed by atoms with Crippen molar-refractivity contribution >= 4 is 5.91 Å². The van der Waals surface area contributed by atoms with Crippen LogP contribution in [0.1, 0.15) is 34.3 Å². The van der Waals surface area contributed by atoms with Crippen LogP contribution < -0.4 is 5.32 Å². The fraction of sp³-hybridized carbons (Fsp3) is 0.562. The van der Waals surface area contributed by atoms with E-state index in [1.54, 1.807) is 0 Å². The van der Waals surface area contributed by atoms with Crippen molar-refractivity contribution in [3.8, 4) is 0 Å². The Morgan fingerprint density at radius 2 is 2.05 bits per heavy atom. The van der Waals surface area contributed by atoms with Gasteiger partial charge in [-0.25, -0.2) is 0 Å². The molecule has 0 radical (unpaired) electrons. The smallest absolute Gasteiger partial charge is 0.253 e. The molecule has 0 spiro atoms. The first kappa shape index (κ1) is 12.4. The maximum absolute atomic E-state index is 12.7. The molecule has 20 heavy (non-hydrogen) atoms. The predicted octanol–water partition coefficient (Wildman–Crippen LogP) is 1.21. The van der Waals surface area contributed by atoms with Gasteiger partial charge < -0.3 is 10.2 Å². The molecule has 1 unspecified atom stereocenters. The molecule has 3 aliphatic heterocycles. The molecule has 2 saturated heterocycles. The van der Waals surface area contributed by atoms with Gasteiger partial charge in [-0.15, -0.1) is 0 Å². The van der Waals surface area contributed by atoms with Gasteiger partial charge in [0.1, 0.15) is 0 Å². The van der Waals surface area contributed by atoms with Crippen LogP contribution in [0.15, 0.2) is 18.2 Å². The molecule has 0 aliphatic carbocycles. The van der Waals surface area contributed by atoms with Gasteiger partial charge in [0.05, 0.1) is 0 Å². The van der Waals surface area contributed by atoms with Crippen LogP contribution >= 0.6 is 0 Å². The Kier molecular flexibility index (Phi) is 3.00. The van der Waals surface area contributed by atoms with Crippen molar-refractivity contribution in [1.29, 1.82) is 0 Å². The molecule has 3 aliphatic rings. The van der Waals surface area contributed by atoms with E-state index in [9.17, 15) is 4.79 Å². The highest BCUT2D eigenvalue weighted by Crippen LogP contribution is 2.23. The summed E-state index contributed by atoms with van der Waals surface area (Å²) in [6.45, 7) is 5.89. The average Bonchev–Trinajstić information content (AvgIpc) is 3.13. The third-order valence-electron chi connectivity index (χ3n) is 4.96. The molecular formula is C16H21N3O. The Bertz CT molecular complexity index is 543. The van der Waals surface area contributed by atoms with E-state index in [1.165, 1.54) is 30.5 Å². The number of fused-ring (bicyclic) bond motifs is 2. The van der Waals surface area contributed by atoms with E-state index in [4.69, 9.17) is 0 Å². The third kappa shape index (κ3) is 2.03. The second kappa shape index (κ2) is 4.86. The summed E-state index contributed by atoms with van der Waals surface area (Å²) < 4.78 is 0. The lowest BCUT2D eigenvalue weighted by atomic mass is 10.0. The fourth-order valence-corrected chi connectivity index (χ4v) is 3.79.